The minimum atomic E-state index is -0.853. The number of nitriles is 2. The lowest BCUT2D eigenvalue weighted by Gasteiger charge is -2.36. The molecule has 27 heavy (non-hydrogen) atoms. The highest BCUT2D eigenvalue weighted by Crippen LogP contribution is 2.67. The molecule has 7 nitrogen and oxygen atoms in total. The number of rotatable bonds is 3. The summed E-state index contributed by atoms with van der Waals surface area (Å²) >= 11 is 0. The molecule has 7 heteroatoms. The predicted molar refractivity (Wildman–Crippen MR) is 95.0 cm³/mol. The van der Waals surface area contributed by atoms with Crippen molar-refractivity contribution in [3.05, 3.63) is 52.9 Å². The summed E-state index contributed by atoms with van der Waals surface area (Å²) in [5.41, 5.74) is 0.780. The summed E-state index contributed by atoms with van der Waals surface area (Å²) in [5, 5.41) is 21.6. The molecule has 0 radical (unpaired) electrons. The van der Waals surface area contributed by atoms with Gasteiger partial charge in [-0.05, 0) is 30.4 Å². The van der Waals surface area contributed by atoms with E-state index in [0.29, 0.717) is 24.4 Å². The zero-order valence-electron chi connectivity index (χ0n) is 15.2. The zero-order valence-corrected chi connectivity index (χ0v) is 15.2. The van der Waals surface area contributed by atoms with Gasteiger partial charge in [-0.1, -0.05) is 19.9 Å². The summed E-state index contributed by atoms with van der Waals surface area (Å²) in [5.74, 6) is -0.0808. The Morgan fingerprint density at radius 2 is 2.00 bits per heavy atom. The van der Waals surface area contributed by atoms with Crippen molar-refractivity contribution in [2.24, 2.45) is 5.41 Å². The number of hydrogen-bond donors (Lipinski definition) is 1. The van der Waals surface area contributed by atoms with Crippen molar-refractivity contribution in [3.8, 4) is 12.1 Å². The first-order valence-corrected chi connectivity index (χ1v) is 8.86. The van der Waals surface area contributed by atoms with Crippen LogP contribution in [-0.2, 0) is 16.8 Å². The molecular formula is C20H18N6O. The maximum absolute atomic E-state index is 13.4. The lowest BCUT2D eigenvalue weighted by atomic mass is 9.67. The maximum atomic E-state index is 13.4. The molecule has 1 amide bonds. The topological polar surface area (TPSA) is 115 Å². The van der Waals surface area contributed by atoms with Crippen molar-refractivity contribution in [2.75, 3.05) is 0 Å². The number of hydrogen-bond acceptors (Lipinski definition) is 6. The molecule has 1 fully saturated rings. The van der Waals surface area contributed by atoms with Gasteiger partial charge < -0.3 is 5.32 Å². The second-order valence-corrected chi connectivity index (χ2v) is 7.60. The number of carbonyl (C=O) groups is 1. The zero-order chi connectivity index (χ0) is 19.2. The maximum Gasteiger partial charge on any atom is 0.233 e. The van der Waals surface area contributed by atoms with Crippen LogP contribution in [0.4, 0.5) is 0 Å². The molecule has 2 aliphatic carbocycles. The molecular weight excluding hydrogens is 340 g/mol. The molecule has 1 N–H and O–H groups in total. The van der Waals surface area contributed by atoms with Crippen LogP contribution in [0.3, 0.4) is 0 Å². The molecule has 1 saturated carbocycles. The van der Waals surface area contributed by atoms with Gasteiger partial charge in [0.25, 0.3) is 0 Å². The quantitative estimate of drug-likeness (QED) is 0.898. The lowest BCUT2D eigenvalue weighted by molar-refractivity contribution is -0.130. The highest BCUT2D eigenvalue weighted by atomic mass is 16.2. The Kier molecular flexibility index (Phi) is 3.71. The van der Waals surface area contributed by atoms with Gasteiger partial charge in [0.05, 0.1) is 29.0 Å². The second kappa shape index (κ2) is 5.85. The van der Waals surface area contributed by atoms with Crippen molar-refractivity contribution in [1.29, 1.82) is 10.5 Å². The van der Waals surface area contributed by atoms with E-state index in [1.807, 2.05) is 44.2 Å². The molecule has 134 valence electrons. The summed E-state index contributed by atoms with van der Waals surface area (Å²) in [4.78, 5) is 26.5. The van der Waals surface area contributed by atoms with E-state index in [4.69, 9.17) is 0 Å². The number of amides is 1. The first kappa shape index (κ1) is 17.1. The van der Waals surface area contributed by atoms with Crippen molar-refractivity contribution in [2.45, 2.75) is 44.6 Å². The third kappa shape index (κ3) is 2.18. The molecule has 2 unspecified atom stereocenters. The van der Waals surface area contributed by atoms with Gasteiger partial charge in [-0.3, -0.25) is 9.78 Å². The van der Waals surface area contributed by atoms with Crippen LogP contribution < -0.4 is 5.32 Å². The Morgan fingerprint density at radius 1 is 1.26 bits per heavy atom. The predicted octanol–water partition coefficient (Wildman–Crippen LogP) is 2.09. The highest BCUT2D eigenvalue weighted by Gasteiger charge is 2.67. The Labute approximate surface area is 157 Å². The van der Waals surface area contributed by atoms with E-state index in [-0.39, 0.29) is 23.2 Å². The largest absolute Gasteiger partial charge is 0.350 e. The Balaban J connectivity index is 1.77. The van der Waals surface area contributed by atoms with Crippen LogP contribution in [0.15, 0.2) is 24.4 Å². The van der Waals surface area contributed by atoms with Crippen molar-refractivity contribution in [1.82, 2.24) is 20.3 Å². The van der Waals surface area contributed by atoms with Crippen LogP contribution in [0, 0.1) is 28.1 Å². The molecule has 2 aliphatic rings. The lowest BCUT2D eigenvalue weighted by Crippen LogP contribution is -2.49. The van der Waals surface area contributed by atoms with E-state index in [1.165, 1.54) is 0 Å². The highest BCUT2D eigenvalue weighted by molar-refractivity contribution is 5.91. The molecule has 2 aromatic rings. The molecule has 0 spiro atoms. The van der Waals surface area contributed by atoms with Crippen LogP contribution in [0.2, 0.25) is 0 Å². The molecule has 4 rings (SSSR count). The SMILES string of the molecule is CC1(C)C2CCC1(C(=O)NCc1ccccn1)c1nc(C#N)c(C#N)nc12. The van der Waals surface area contributed by atoms with E-state index >= 15 is 0 Å². The average molecular weight is 358 g/mol. The van der Waals surface area contributed by atoms with Gasteiger partial charge >= 0.3 is 0 Å². The van der Waals surface area contributed by atoms with Crippen LogP contribution in [0.1, 0.15) is 61.1 Å². The molecule has 2 atom stereocenters. The third-order valence-electron chi connectivity index (χ3n) is 6.19. The molecule has 0 saturated heterocycles. The second-order valence-electron chi connectivity index (χ2n) is 7.60. The first-order valence-electron chi connectivity index (χ1n) is 8.86. The third-order valence-corrected chi connectivity index (χ3v) is 6.19. The Hall–Kier alpha value is -3.32. The molecule has 2 heterocycles. The van der Waals surface area contributed by atoms with Gasteiger partial charge in [0, 0.05) is 12.1 Å². The Bertz CT molecular complexity index is 1020. The number of aromatic nitrogens is 3. The van der Waals surface area contributed by atoms with Crippen molar-refractivity contribution >= 4 is 5.91 Å². The minimum Gasteiger partial charge on any atom is -0.350 e. The number of pyridine rings is 1. The molecule has 2 bridgehead atoms. The van der Waals surface area contributed by atoms with Gasteiger partial charge in [-0.2, -0.15) is 10.5 Å². The van der Waals surface area contributed by atoms with Crippen LogP contribution >= 0.6 is 0 Å². The molecule has 2 aromatic heterocycles. The summed E-state index contributed by atoms with van der Waals surface area (Å²) in [6.07, 6.45) is 3.15. The standard InChI is InChI=1S/C20H18N6O/c1-19(2)13-6-7-20(19,18(27)24-11-12-5-3-4-8-23-12)17-16(13)25-14(9-21)15(10-22)26-17/h3-5,8,13H,6-7,11H2,1-2H3,(H,24,27). The summed E-state index contributed by atoms with van der Waals surface area (Å²) < 4.78 is 0. The normalized spacial score (nSPS) is 23.9. The molecule has 0 aromatic carbocycles. The fraction of sp³-hybridized carbons (Fsp3) is 0.400. The van der Waals surface area contributed by atoms with Crippen molar-refractivity contribution < 1.29 is 4.79 Å². The fourth-order valence-corrected chi connectivity index (χ4v) is 4.74. The number of carbonyl (C=O) groups excluding carboxylic acids is 1. The fourth-order valence-electron chi connectivity index (χ4n) is 4.74. The summed E-state index contributed by atoms with van der Waals surface area (Å²) in [6, 6.07) is 9.45. The average Bonchev–Trinajstić information content (AvgIpc) is 3.07. The van der Waals surface area contributed by atoms with Crippen LogP contribution in [0.5, 0.6) is 0 Å². The first-order chi connectivity index (χ1) is 13.0. The van der Waals surface area contributed by atoms with Gasteiger partial charge in [-0.25, -0.2) is 9.97 Å². The van der Waals surface area contributed by atoms with Crippen molar-refractivity contribution in [3.63, 3.8) is 0 Å². The monoisotopic (exact) mass is 358 g/mol. The van der Waals surface area contributed by atoms with Crippen LogP contribution in [-0.4, -0.2) is 20.9 Å². The van der Waals surface area contributed by atoms with E-state index < -0.39 is 10.8 Å². The molecule has 0 aliphatic heterocycles. The van der Waals surface area contributed by atoms with Gasteiger partial charge in [0.15, 0.2) is 11.4 Å². The number of fused-ring (bicyclic) bond motifs is 5. The van der Waals surface area contributed by atoms with E-state index in [1.54, 1.807) is 6.20 Å². The summed E-state index contributed by atoms with van der Waals surface area (Å²) in [6.45, 7) is 4.42. The Morgan fingerprint density at radius 3 is 2.67 bits per heavy atom. The number of nitrogens with one attached hydrogen (secondary N) is 1. The van der Waals surface area contributed by atoms with Crippen LogP contribution in [0.25, 0.3) is 0 Å². The van der Waals surface area contributed by atoms with E-state index in [9.17, 15) is 15.3 Å². The van der Waals surface area contributed by atoms with Gasteiger partial charge in [0.2, 0.25) is 5.91 Å². The summed E-state index contributed by atoms with van der Waals surface area (Å²) in [7, 11) is 0. The van der Waals surface area contributed by atoms with E-state index in [2.05, 4.69) is 20.3 Å². The van der Waals surface area contributed by atoms with E-state index in [0.717, 1.165) is 12.1 Å². The van der Waals surface area contributed by atoms with Gasteiger partial charge in [-0.15, -0.1) is 0 Å². The minimum absolute atomic E-state index is 0.0171. The van der Waals surface area contributed by atoms with Gasteiger partial charge in [0.1, 0.15) is 12.1 Å². The number of nitrogens with zero attached hydrogens (tertiary/aromatic N) is 5. The smallest absolute Gasteiger partial charge is 0.233 e.